The van der Waals surface area contributed by atoms with Gasteiger partial charge in [-0.25, -0.2) is 4.79 Å². The lowest BCUT2D eigenvalue weighted by molar-refractivity contribution is -0.137. The zero-order chi connectivity index (χ0) is 19.3. The van der Waals surface area contributed by atoms with E-state index in [0.717, 1.165) is 36.1 Å². The number of carbonyl (C=O) groups excluding carboxylic acids is 1. The quantitative estimate of drug-likeness (QED) is 0.263. The predicted molar refractivity (Wildman–Crippen MR) is 104 cm³/mol. The number of unbranched alkanes of at least 4 members (excludes halogenated alkanes) is 1. The average Bonchev–Trinajstić information content (AvgIpc) is 2.72. The lowest BCUT2D eigenvalue weighted by atomic mass is 10.3. The van der Waals surface area contributed by atoms with Gasteiger partial charge in [-0.05, 0) is 61.4 Å². The molecule has 6 nitrogen and oxygen atoms in total. The highest BCUT2D eigenvalue weighted by molar-refractivity contribution is 5.81. The van der Waals surface area contributed by atoms with Crippen LogP contribution in [0.2, 0.25) is 0 Å². The number of hydrogen-bond acceptors (Lipinski definition) is 6. The fourth-order valence-corrected chi connectivity index (χ4v) is 2.14. The summed E-state index contributed by atoms with van der Waals surface area (Å²) in [6.07, 6.45) is 2.70. The summed E-state index contributed by atoms with van der Waals surface area (Å²) >= 11 is 0. The summed E-state index contributed by atoms with van der Waals surface area (Å²) in [5.41, 5.74) is 1.02. The van der Waals surface area contributed by atoms with Crippen LogP contribution in [0.25, 0.3) is 0 Å². The lowest BCUT2D eigenvalue weighted by Crippen LogP contribution is -2.06. The van der Waals surface area contributed by atoms with Gasteiger partial charge < -0.3 is 24.3 Å². The number of anilines is 1. The Morgan fingerprint density at radius 3 is 1.96 bits per heavy atom. The van der Waals surface area contributed by atoms with Crippen LogP contribution in [0.5, 0.6) is 17.2 Å². The van der Waals surface area contributed by atoms with E-state index in [-0.39, 0.29) is 6.79 Å². The Labute approximate surface area is 159 Å². The second-order valence-electron chi connectivity index (χ2n) is 5.58. The van der Waals surface area contributed by atoms with Gasteiger partial charge in [0.1, 0.15) is 17.2 Å². The van der Waals surface area contributed by atoms with Gasteiger partial charge in [0.25, 0.3) is 0 Å². The van der Waals surface area contributed by atoms with Gasteiger partial charge in [0, 0.05) is 18.8 Å². The van der Waals surface area contributed by atoms with Crippen LogP contribution in [0.4, 0.5) is 5.69 Å². The number of carbonyl (C=O) groups is 1. The van der Waals surface area contributed by atoms with E-state index in [1.54, 1.807) is 0 Å². The Kier molecular flexibility index (Phi) is 8.56. The maximum atomic E-state index is 10.9. The van der Waals surface area contributed by atoms with Crippen molar-refractivity contribution in [2.75, 3.05) is 32.4 Å². The molecule has 0 aliphatic rings. The van der Waals surface area contributed by atoms with Crippen LogP contribution in [0.3, 0.4) is 0 Å². The van der Waals surface area contributed by atoms with E-state index in [4.69, 9.17) is 18.9 Å². The number of esters is 1. The Bertz CT molecular complexity index is 698. The number of nitrogens with one attached hydrogen (secondary N) is 1. The molecule has 0 unspecified atom stereocenters. The minimum atomic E-state index is -0.398. The first kappa shape index (κ1) is 20.2. The minimum absolute atomic E-state index is 0.128. The third kappa shape index (κ3) is 7.73. The molecule has 0 aliphatic heterocycles. The first-order valence-electron chi connectivity index (χ1n) is 8.76. The van der Waals surface area contributed by atoms with E-state index in [1.807, 2.05) is 55.6 Å². The van der Waals surface area contributed by atoms with Gasteiger partial charge in [0.15, 0.2) is 0 Å². The second kappa shape index (κ2) is 11.5. The summed E-state index contributed by atoms with van der Waals surface area (Å²) in [7, 11) is 1.87. The average molecular weight is 371 g/mol. The molecule has 0 atom stereocenters. The van der Waals surface area contributed by atoms with Crippen LogP contribution < -0.4 is 19.5 Å². The topological polar surface area (TPSA) is 66.0 Å². The van der Waals surface area contributed by atoms with Gasteiger partial charge in [0.2, 0.25) is 6.79 Å². The van der Waals surface area contributed by atoms with E-state index < -0.39 is 5.97 Å². The highest BCUT2D eigenvalue weighted by atomic mass is 16.7. The van der Waals surface area contributed by atoms with Crippen molar-refractivity contribution in [1.82, 2.24) is 0 Å². The number of benzene rings is 2. The molecule has 1 N–H and O–H groups in total. The molecule has 144 valence electrons. The third-order valence-corrected chi connectivity index (χ3v) is 3.64. The maximum Gasteiger partial charge on any atom is 0.330 e. The molecule has 2 aromatic carbocycles. The van der Waals surface area contributed by atoms with Crippen molar-refractivity contribution in [2.24, 2.45) is 0 Å². The molecule has 0 heterocycles. The summed E-state index contributed by atoms with van der Waals surface area (Å²) in [6, 6.07) is 15.0. The highest BCUT2D eigenvalue weighted by Crippen LogP contribution is 2.19. The van der Waals surface area contributed by atoms with Crippen molar-refractivity contribution >= 4 is 11.7 Å². The zero-order valence-electron chi connectivity index (χ0n) is 15.5. The third-order valence-electron chi connectivity index (χ3n) is 3.64. The molecule has 0 amide bonds. The lowest BCUT2D eigenvalue weighted by Gasteiger charge is -2.10. The van der Waals surface area contributed by atoms with Gasteiger partial charge in [-0.15, -0.1) is 0 Å². The Balaban J connectivity index is 1.61. The smallest absolute Gasteiger partial charge is 0.330 e. The molecule has 0 aromatic heterocycles. The van der Waals surface area contributed by atoms with E-state index in [1.165, 1.54) is 0 Å². The summed E-state index contributed by atoms with van der Waals surface area (Å²) in [4.78, 5) is 10.9. The van der Waals surface area contributed by atoms with Crippen molar-refractivity contribution in [3.8, 4) is 17.2 Å². The molecule has 0 saturated carbocycles. The largest absolute Gasteiger partial charge is 0.494 e. The van der Waals surface area contributed by atoms with Crippen LogP contribution in [0.1, 0.15) is 12.8 Å². The molecule has 27 heavy (non-hydrogen) atoms. The van der Waals surface area contributed by atoms with Crippen molar-refractivity contribution in [2.45, 2.75) is 12.8 Å². The summed E-state index contributed by atoms with van der Waals surface area (Å²) in [5, 5.41) is 3.05. The minimum Gasteiger partial charge on any atom is -0.494 e. The highest BCUT2D eigenvalue weighted by Gasteiger charge is 1.99. The van der Waals surface area contributed by atoms with Crippen molar-refractivity contribution in [3.05, 3.63) is 61.2 Å². The molecule has 0 fully saturated rings. The fraction of sp³-hybridized carbons (Fsp3) is 0.286. The monoisotopic (exact) mass is 371 g/mol. The Hall–Kier alpha value is -3.15. The molecule has 2 aromatic rings. The van der Waals surface area contributed by atoms with Crippen LogP contribution in [-0.2, 0) is 9.53 Å². The Morgan fingerprint density at radius 1 is 0.889 bits per heavy atom. The fourth-order valence-electron chi connectivity index (χ4n) is 2.14. The molecule has 0 radical (unpaired) electrons. The number of rotatable bonds is 12. The summed E-state index contributed by atoms with van der Waals surface area (Å²) in [5.74, 6) is 1.80. The normalized spacial score (nSPS) is 9.96. The van der Waals surface area contributed by atoms with Crippen molar-refractivity contribution < 1.29 is 23.7 Å². The van der Waals surface area contributed by atoms with Gasteiger partial charge >= 0.3 is 5.97 Å². The first-order valence-corrected chi connectivity index (χ1v) is 8.76. The van der Waals surface area contributed by atoms with Gasteiger partial charge in [-0.2, -0.15) is 0 Å². The van der Waals surface area contributed by atoms with E-state index in [9.17, 15) is 4.79 Å². The Morgan fingerprint density at radius 2 is 1.41 bits per heavy atom. The standard InChI is InChI=1S/C21H25NO5/c1-3-21(23)25-15-5-4-14-24-18-10-12-20(13-11-18)27-16-26-19-8-6-17(22-2)7-9-19/h3,6-13,22H,1,4-5,14-16H2,2H3. The number of ether oxygens (including phenoxy) is 4. The zero-order valence-corrected chi connectivity index (χ0v) is 15.5. The second-order valence-corrected chi connectivity index (χ2v) is 5.58. The van der Waals surface area contributed by atoms with Crippen molar-refractivity contribution in [1.29, 1.82) is 0 Å². The molecule has 2 rings (SSSR count). The molecule has 0 bridgehead atoms. The summed E-state index contributed by atoms with van der Waals surface area (Å²) in [6.45, 7) is 4.40. The van der Waals surface area contributed by atoms with Crippen molar-refractivity contribution in [3.63, 3.8) is 0 Å². The molecule has 0 saturated heterocycles. The van der Waals surface area contributed by atoms with Crippen LogP contribution in [0.15, 0.2) is 61.2 Å². The van der Waals surface area contributed by atoms with E-state index in [2.05, 4.69) is 11.9 Å². The molecule has 0 aliphatic carbocycles. The van der Waals surface area contributed by atoms with Crippen LogP contribution in [-0.4, -0.2) is 33.0 Å². The van der Waals surface area contributed by atoms with Gasteiger partial charge in [-0.1, -0.05) is 6.58 Å². The predicted octanol–water partition coefficient (Wildman–Crippen LogP) is 4.03. The van der Waals surface area contributed by atoms with Crippen LogP contribution in [0, 0.1) is 0 Å². The molecule has 6 heteroatoms. The van der Waals surface area contributed by atoms with Crippen LogP contribution >= 0.6 is 0 Å². The summed E-state index contributed by atoms with van der Waals surface area (Å²) < 4.78 is 21.6. The molecule has 0 spiro atoms. The maximum absolute atomic E-state index is 10.9. The first-order chi connectivity index (χ1) is 13.2. The molecular formula is C21H25NO5. The van der Waals surface area contributed by atoms with E-state index in [0.29, 0.717) is 19.0 Å². The van der Waals surface area contributed by atoms with E-state index >= 15 is 0 Å². The molecular weight excluding hydrogens is 346 g/mol. The SMILES string of the molecule is C=CC(=O)OCCCCOc1ccc(OCOc2ccc(NC)cc2)cc1. The van der Waals surface area contributed by atoms with Gasteiger partial charge in [-0.3, -0.25) is 0 Å². The number of hydrogen-bond donors (Lipinski definition) is 1. The van der Waals surface area contributed by atoms with Gasteiger partial charge in [0.05, 0.1) is 13.2 Å².